The van der Waals surface area contributed by atoms with Crippen LogP contribution >= 0.6 is 0 Å². The minimum absolute atomic E-state index is 0.00546. The molecule has 0 amide bonds. The molecule has 0 saturated carbocycles. The van der Waals surface area contributed by atoms with Gasteiger partial charge in [0.15, 0.2) is 0 Å². The molecular weight excluding hydrogens is 188 g/mol. The molecule has 1 rings (SSSR count). The fourth-order valence-electron chi connectivity index (χ4n) is 1.37. The van der Waals surface area contributed by atoms with Crippen molar-refractivity contribution >= 4 is 5.57 Å². The number of nitrogens with zero attached hydrogens (tertiary/aromatic N) is 2. The summed E-state index contributed by atoms with van der Waals surface area (Å²) in [6, 6.07) is 1.94. The molecule has 0 saturated heterocycles. The highest BCUT2D eigenvalue weighted by molar-refractivity contribution is 5.64. The standard InChI is InChI=1S/C12H20N2O/c1-9(8-15)14-11(6-7-13-14)10(2)12(3,4)5/h6-7,9,15H,2,8H2,1,3-5H3. The predicted octanol–water partition coefficient (Wildman–Crippen LogP) is 2.50. The van der Waals surface area contributed by atoms with E-state index in [0.717, 1.165) is 11.3 Å². The molecule has 1 aromatic heterocycles. The number of allylic oxidation sites excluding steroid dienone is 1. The summed E-state index contributed by atoms with van der Waals surface area (Å²) in [7, 11) is 0. The molecule has 1 unspecified atom stereocenters. The van der Waals surface area contributed by atoms with Crippen molar-refractivity contribution < 1.29 is 5.11 Å². The highest BCUT2D eigenvalue weighted by Gasteiger charge is 2.21. The Bertz CT molecular complexity index is 347. The first-order chi connectivity index (χ1) is 6.88. The normalized spacial score (nSPS) is 13.9. The van der Waals surface area contributed by atoms with Crippen LogP contribution in [-0.2, 0) is 0 Å². The lowest BCUT2D eigenvalue weighted by molar-refractivity contribution is 0.228. The van der Waals surface area contributed by atoms with Gasteiger partial charge in [-0.05, 0) is 24.0 Å². The number of aliphatic hydroxyl groups is 1. The van der Waals surface area contributed by atoms with E-state index in [4.69, 9.17) is 5.11 Å². The highest BCUT2D eigenvalue weighted by atomic mass is 16.3. The number of hydrogen-bond donors (Lipinski definition) is 1. The van der Waals surface area contributed by atoms with Gasteiger partial charge < -0.3 is 5.11 Å². The number of rotatable bonds is 3. The maximum Gasteiger partial charge on any atom is 0.0728 e. The predicted molar refractivity (Wildman–Crippen MR) is 62.5 cm³/mol. The second-order valence-electron chi connectivity index (χ2n) is 4.92. The van der Waals surface area contributed by atoms with Crippen molar-refractivity contribution in [2.24, 2.45) is 5.41 Å². The Kier molecular flexibility index (Phi) is 3.35. The van der Waals surface area contributed by atoms with Crippen LogP contribution in [0, 0.1) is 5.41 Å². The lowest BCUT2D eigenvalue weighted by Gasteiger charge is -2.24. The molecule has 15 heavy (non-hydrogen) atoms. The zero-order valence-corrected chi connectivity index (χ0v) is 9.99. The van der Waals surface area contributed by atoms with Gasteiger partial charge in [0.2, 0.25) is 0 Å². The van der Waals surface area contributed by atoms with Crippen LogP contribution in [0.4, 0.5) is 0 Å². The van der Waals surface area contributed by atoms with E-state index in [2.05, 4.69) is 32.4 Å². The first-order valence-corrected chi connectivity index (χ1v) is 5.22. The second kappa shape index (κ2) is 4.19. The van der Waals surface area contributed by atoms with Crippen molar-refractivity contribution in [3.63, 3.8) is 0 Å². The quantitative estimate of drug-likeness (QED) is 0.828. The maximum absolute atomic E-state index is 9.13. The van der Waals surface area contributed by atoms with Crippen LogP contribution in [0.5, 0.6) is 0 Å². The molecule has 0 aliphatic rings. The van der Waals surface area contributed by atoms with Gasteiger partial charge in [-0.25, -0.2) is 0 Å². The largest absolute Gasteiger partial charge is 0.394 e. The van der Waals surface area contributed by atoms with E-state index in [-0.39, 0.29) is 18.1 Å². The molecule has 0 bridgehead atoms. The van der Waals surface area contributed by atoms with E-state index in [9.17, 15) is 0 Å². The van der Waals surface area contributed by atoms with Crippen molar-refractivity contribution in [1.29, 1.82) is 0 Å². The summed E-state index contributed by atoms with van der Waals surface area (Å²) in [5.41, 5.74) is 2.07. The van der Waals surface area contributed by atoms with E-state index < -0.39 is 0 Å². The summed E-state index contributed by atoms with van der Waals surface area (Å²) in [5, 5.41) is 13.3. The molecule has 1 aromatic rings. The lowest BCUT2D eigenvalue weighted by atomic mass is 9.85. The molecule has 0 aliphatic heterocycles. The first kappa shape index (κ1) is 12.0. The van der Waals surface area contributed by atoms with E-state index in [1.807, 2.05) is 17.7 Å². The van der Waals surface area contributed by atoms with Gasteiger partial charge >= 0.3 is 0 Å². The van der Waals surface area contributed by atoms with E-state index in [0.29, 0.717) is 0 Å². The Morgan fingerprint density at radius 2 is 2.20 bits per heavy atom. The van der Waals surface area contributed by atoms with Gasteiger partial charge in [0.05, 0.1) is 18.3 Å². The highest BCUT2D eigenvalue weighted by Crippen LogP contribution is 2.32. The summed E-state index contributed by atoms with van der Waals surface area (Å²) < 4.78 is 1.83. The van der Waals surface area contributed by atoms with Crippen molar-refractivity contribution in [2.45, 2.75) is 33.7 Å². The van der Waals surface area contributed by atoms with Crippen LogP contribution in [0.25, 0.3) is 5.57 Å². The zero-order chi connectivity index (χ0) is 11.6. The van der Waals surface area contributed by atoms with Crippen LogP contribution in [0.1, 0.15) is 39.4 Å². The van der Waals surface area contributed by atoms with Gasteiger partial charge in [-0.15, -0.1) is 0 Å². The molecule has 0 aliphatic carbocycles. The summed E-state index contributed by atoms with van der Waals surface area (Å²) in [6.45, 7) is 12.5. The summed E-state index contributed by atoms with van der Waals surface area (Å²) >= 11 is 0. The molecular formula is C12H20N2O. The SMILES string of the molecule is C=C(c1ccnn1C(C)CO)C(C)(C)C. The van der Waals surface area contributed by atoms with Gasteiger partial charge in [-0.1, -0.05) is 27.4 Å². The molecule has 3 heteroatoms. The Morgan fingerprint density at radius 1 is 1.60 bits per heavy atom. The van der Waals surface area contributed by atoms with Crippen LogP contribution in [0.2, 0.25) is 0 Å². The third kappa shape index (κ3) is 2.48. The van der Waals surface area contributed by atoms with Crippen molar-refractivity contribution in [3.8, 4) is 0 Å². The fraction of sp³-hybridized carbons (Fsp3) is 0.583. The average molecular weight is 208 g/mol. The monoisotopic (exact) mass is 208 g/mol. The maximum atomic E-state index is 9.13. The molecule has 0 spiro atoms. The summed E-state index contributed by atoms with van der Waals surface area (Å²) in [6.07, 6.45) is 1.75. The number of aromatic nitrogens is 2. The molecule has 1 N–H and O–H groups in total. The molecule has 84 valence electrons. The third-order valence-corrected chi connectivity index (χ3v) is 2.57. The lowest BCUT2D eigenvalue weighted by Crippen LogP contribution is -2.17. The molecule has 1 atom stereocenters. The molecule has 0 radical (unpaired) electrons. The van der Waals surface area contributed by atoms with Crippen LogP contribution in [0.15, 0.2) is 18.8 Å². The first-order valence-electron chi connectivity index (χ1n) is 5.22. The summed E-state index contributed by atoms with van der Waals surface area (Å²) in [4.78, 5) is 0. The Labute approximate surface area is 91.4 Å². The molecule has 0 fully saturated rings. The van der Waals surface area contributed by atoms with Gasteiger partial charge in [0, 0.05) is 6.20 Å². The van der Waals surface area contributed by atoms with Gasteiger partial charge in [0.1, 0.15) is 0 Å². The molecule has 0 aromatic carbocycles. The van der Waals surface area contributed by atoms with Gasteiger partial charge in [-0.2, -0.15) is 5.10 Å². The third-order valence-electron chi connectivity index (χ3n) is 2.57. The minimum Gasteiger partial charge on any atom is -0.394 e. The summed E-state index contributed by atoms with van der Waals surface area (Å²) in [5.74, 6) is 0. The molecule has 1 heterocycles. The van der Waals surface area contributed by atoms with E-state index in [1.165, 1.54) is 0 Å². The van der Waals surface area contributed by atoms with E-state index >= 15 is 0 Å². The second-order valence-corrected chi connectivity index (χ2v) is 4.92. The van der Waals surface area contributed by atoms with Crippen molar-refractivity contribution in [2.75, 3.05) is 6.61 Å². The Balaban J connectivity index is 3.06. The topological polar surface area (TPSA) is 38.0 Å². The Hall–Kier alpha value is -1.09. The van der Waals surface area contributed by atoms with Gasteiger partial charge in [-0.3, -0.25) is 4.68 Å². The van der Waals surface area contributed by atoms with E-state index in [1.54, 1.807) is 6.20 Å². The minimum atomic E-state index is -0.00546. The van der Waals surface area contributed by atoms with Crippen LogP contribution in [0.3, 0.4) is 0 Å². The van der Waals surface area contributed by atoms with Crippen molar-refractivity contribution in [3.05, 3.63) is 24.5 Å². The number of hydrogen-bond acceptors (Lipinski definition) is 2. The van der Waals surface area contributed by atoms with Crippen LogP contribution in [-0.4, -0.2) is 21.5 Å². The average Bonchev–Trinajstić information content (AvgIpc) is 2.62. The molecule has 3 nitrogen and oxygen atoms in total. The zero-order valence-electron chi connectivity index (χ0n) is 9.99. The van der Waals surface area contributed by atoms with Crippen molar-refractivity contribution in [1.82, 2.24) is 9.78 Å². The van der Waals surface area contributed by atoms with Gasteiger partial charge in [0.25, 0.3) is 0 Å². The smallest absolute Gasteiger partial charge is 0.0728 e. The van der Waals surface area contributed by atoms with Crippen LogP contribution < -0.4 is 0 Å². The fourth-order valence-corrected chi connectivity index (χ4v) is 1.37. The Morgan fingerprint density at radius 3 is 2.67 bits per heavy atom. The number of aliphatic hydroxyl groups excluding tert-OH is 1.